The van der Waals surface area contributed by atoms with Gasteiger partial charge in [-0.05, 0) is 24.3 Å². The van der Waals surface area contributed by atoms with E-state index in [-0.39, 0.29) is 24.6 Å². The third-order valence-corrected chi connectivity index (χ3v) is 2.57. The zero-order valence-corrected chi connectivity index (χ0v) is 11.1. The Morgan fingerprint density at radius 1 is 1.26 bits per heavy atom. The van der Waals surface area contributed by atoms with E-state index < -0.39 is 11.9 Å². The molecule has 0 aliphatic carbocycles. The summed E-state index contributed by atoms with van der Waals surface area (Å²) in [5.74, 6) is 0. The van der Waals surface area contributed by atoms with Gasteiger partial charge in [0.05, 0.1) is 11.4 Å². The van der Waals surface area contributed by atoms with Crippen molar-refractivity contribution in [3.8, 4) is 5.69 Å². The fourth-order valence-electron chi connectivity index (χ4n) is 1.54. The van der Waals surface area contributed by atoms with Crippen LogP contribution in [0.5, 0.6) is 0 Å². The van der Waals surface area contributed by atoms with E-state index in [2.05, 4.69) is 5.10 Å². The van der Waals surface area contributed by atoms with Gasteiger partial charge < -0.3 is 5.73 Å². The first kappa shape index (κ1) is 15.8. The largest absolute Gasteiger partial charge is 0.435 e. The first-order valence-corrected chi connectivity index (χ1v) is 5.42. The Morgan fingerprint density at radius 2 is 1.95 bits per heavy atom. The van der Waals surface area contributed by atoms with Gasteiger partial charge in [0.2, 0.25) is 0 Å². The molecule has 2 N–H and O–H groups in total. The number of hydrogen-bond acceptors (Lipinski definition) is 2. The molecule has 0 aliphatic rings. The minimum atomic E-state index is -4.49. The van der Waals surface area contributed by atoms with Crippen LogP contribution in [0.4, 0.5) is 13.2 Å². The van der Waals surface area contributed by atoms with Crippen molar-refractivity contribution in [3.63, 3.8) is 0 Å². The Kier molecular flexibility index (Phi) is 4.84. The van der Waals surface area contributed by atoms with Crippen LogP contribution in [0.25, 0.3) is 5.69 Å². The molecule has 0 unspecified atom stereocenters. The number of hydrogen-bond donors (Lipinski definition) is 1. The number of aromatic nitrogens is 2. The summed E-state index contributed by atoms with van der Waals surface area (Å²) in [4.78, 5) is 0. The van der Waals surface area contributed by atoms with Crippen molar-refractivity contribution in [2.24, 2.45) is 5.73 Å². The van der Waals surface area contributed by atoms with E-state index in [9.17, 15) is 13.2 Å². The minimum Gasteiger partial charge on any atom is -0.325 e. The highest BCUT2D eigenvalue weighted by atomic mass is 35.5. The van der Waals surface area contributed by atoms with Crippen LogP contribution in [-0.2, 0) is 12.7 Å². The summed E-state index contributed by atoms with van der Waals surface area (Å²) in [6.07, 6.45) is -4.49. The molecule has 0 bridgehead atoms. The Morgan fingerprint density at radius 3 is 2.47 bits per heavy atom. The number of halogens is 5. The molecule has 1 aromatic carbocycles. The molecule has 2 rings (SSSR count). The fraction of sp³-hybridized carbons (Fsp3) is 0.182. The predicted molar refractivity (Wildman–Crippen MR) is 68.7 cm³/mol. The maximum Gasteiger partial charge on any atom is 0.435 e. The summed E-state index contributed by atoms with van der Waals surface area (Å²) in [5.41, 5.74) is 5.16. The van der Waals surface area contributed by atoms with Gasteiger partial charge in [-0.15, -0.1) is 12.4 Å². The molecule has 0 spiro atoms. The van der Waals surface area contributed by atoms with Crippen molar-refractivity contribution in [3.05, 3.63) is 46.7 Å². The number of benzene rings is 1. The third-order valence-electron chi connectivity index (χ3n) is 2.34. The van der Waals surface area contributed by atoms with E-state index in [1.165, 1.54) is 6.07 Å². The van der Waals surface area contributed by atoms with Crippen LogP contribution in [0, 0.1) is 0 Å². The van der Waals surface area contributed by atoms with Gasteiger partial charge in [-0.1, -0.05) is 17.7 Å². The molecule has 0 aliphatic heterocycles. The molecule has 104 valence electrons. The molecular weight excluding hydrogens is 302 g/mol. The molecule has 0 radical (unpaired) electrons. The Hall–Kier alpha value is -1.24. The SMILES string of the molecule is Cl.NCc1cc(C(F)(F)F)nn1-c1cccc(Cl)c1. The van der Waals surface area contributed by atoms with Crippen LogP contribution in [0.3, 0.4) is 0 Å². The summed E-state index contributed by atoms with van der Waals surface area (Å²) >= 11 is 5.79. The van der Waals surface area contributed by atoms with E-state index in [4.69, 9.17) is 17.3 Å². The lowest BCUT2D eigenvalue weighted by Crippen LogP contribution is -2.08. The topological polar surface area (TPSA) is 43.8 Å². The average Bonchev–Trinajstić information content (AvgIpc) is 2.72. The minimum absolute atomic E-state index is 0. The van der Waals surface area contributed by atoms with E-state index in [1.54, 1.807) is 18.2 Å². The van der Waals surface area contributed by atoms with Gasteiger partial charge in [0, 0.05) is 11.6 Å². The molecular formula is C11H10Cl2F3N3. The van der Waals surface area contributed by atoms with Gasteiger partial charge in [-0.3, -0.25) is 0 Å². The van der Waals surface area contributed by atoms with Crippen LogP contribution in [-0.4, -0.2) is 9.78 Å². The average molecular weight is 312 g/mol. The van der Waals surface area contributed by atoms with Crippen LogP contribution in [0.1, 0.15) is 11.4 Å². The van der Waals surface area contributed by atoms with Gasteiger partial charge in [-0.25, -0.2) is 4.68 Å². The molecule has 19 heavy (non-hydrogen) atoms. The van der Waals surface area contributed by atoms with Crippen molar-refractivity contribution in [2.75, 3.05) is 0 Å². The van der Waals surface area contributed by atoms with Crippen molar-refractivity contribution in [1.82, 2.24) is 9.78 Å². The van der Waals surface area contributed by atoms with Crippen LogP contribution < -0.4 is 5.73 Å². The Balaban J connectivity index is 0.00000180. The molecule has 3 nitrogen and oxygen atoms in total. The van der Waals surface area contributed by atoms with E-state index in [1.807, 2.05) is 0 Å². The number of nitrogens with two attached hydrogens (primary N) is 1. The van der Waals surface area contributed by atoms with E-state index >= 15 is 0 Å². The lowest BCUT2D eigenvalue weighted by molar-refractivity contribution is -0.141. The van der Waals surface area contributed by atoms with Gasteiger partial charge in [0.1, 0.15) is 0 Å². The second-order valence-corrected chi connectivity index (χ2v) is 4.05. The highest BCUT2D eigenvalue weighted by Crippen LogP contribution is 2.29. The van der Waals surface area contributed by atoms with Gasteiger partial charge >= 0.3 is 6.18 Å². The van der Waals surface area contributed by atoms with Crippen molar-refractivity contribution < 1.29 is 13.2 Å². The first-order valence-electron chi connectivity index (χ1n) is 5.04. The lowest BCUT2D eigenvalue weighted by Gasteiger charge is -2.06. The predicted octanol–water partition coefficient (Wildman–Crippen LogP) is 3.43. The quantitative estimate of drug-likeness (QED) is 0.923. The van der Waals surface area contributed by atoms with Gasteiger partial charge in [0.15, 0.2) is 5.69 Å². The molecule has 1 aromatic heterocycles. The van der Waals surface area contributed by atoms with Gasteiger partial charge in [0.25, 0.3) is 0 Å². The molecule has 0 saturated heterocycles. The standard InChI is InChI=1S/C11H9ClF3N3.ClH/c12-7-2-1-3-8(4-7)18-9(6-16)5-10(17-18)11(13,14)15;/h1-5H,6,16H2;1H. The summed E-state index contributed by atoms with van der Waals surface area (Å²) in [7, 11) is 0. The maximum absolute atomic E-state index is 12.6. The van der Waals surface area contributed by atoms with Crippen molar-refractivity contribution in [1.29, 1.82) is 0 Å². The normalized spacial score (nSPS) is 11.2. The van der Waals surface area contributed by atoms with Crippen molar-refractivity contribution >= 4 is 24.0 Å². The van der Waals surface area contributed by atoms with Gasteiger partial charge in [-0.2, -0.15) is 18.3 Å². The highest BCUT2D eigenvalue weighted by Gasteiger charge is 2.34. The van der Waals surface area contributed by atoms with Crippen LogP contribution in [0.15, 0.2) is 30.3 Å². The highest BCUT2D eigenvalue weighted by molar-refractivity contribution is 6.30. The van der Waals surface area contributed by atoms with Crippen LogP contribution in [0.2, 0.25) is 5.02 Å². The zero-order chi connectivity index (χ0) is 13.3. The second kappa shape index (κ2) is 5.81. The smallest absolute Gasteiger partial charge is 0.325 e. The van der Waals surface area contributed by atoms with Crippen molar-refractivity contribution in [2.45, 2.75) is 12.7 Å². The molecule has 0 fully saturated rings. The second-order valence-electron chi connectivity index (χ2n) is 3.61. The molecule has 2 aromatic rings. The number of nitrogens with zero attached hydrogens (tertiary/aromatic N) is 2. The first-order chi connectivity index (χ1) is 8.41. The maximum atomic E-state index is 12.6. The lowest BCUT2D eigenvalue weighted by atomic mass is 10.3. The molecule has 8 heteroatoms. The monoisotopic (exact) mass is 311 g/mol. The summed E-state index contributed by atoms with van der Waals surface area (Å²) in [6.45, 7) is -0.0460. The Labute approximate surface area is 118 Å². The summed E-state index contributed by atoms with van der Waals surface area (Å²) < 4.78 is 38.9. The van der Waals surface area contributed by atoms with E-state index in [0.717, 1.165) is 10.7 Å². The molecule has 1 heterocycles. The van der Waals surface area contributed by atoms with Crippen LogP contribution >= 0.6 is 24.0 Å². The summed E-state index contributed by atoms with van der Waals surface area (Å²) in [5, 5.41) is 3.93. The Bertz CT molecular complexity index is 567. The van der Waals surface area contributed by atoms with E-state index in [0.29, 0.717) is 10.7 Å². The number of rotatable bonds is 2. The molecule has 0 amide bonds. The summed E-state index contributed by atoms with van der Waals surface area (Å²) in [6, 6.07) is 7.32. The fourth-order valence-corrected chi connectivity index (χ4v) is 1.72. The molecule has 0 saturated carbocycles. The number of alkyl halides is 3. The third kappa shape index (κ3) is 3.40. The molecule has 0 atom stereocenters. The zero-order valence-electron chi connectivity index (χ0n) is 9.49.